The molecule has 0 atom stereocenters. The van der Waals surface area contributed by atoms with Gasteiger partial charge >= 0.3 is 0 Å². The van der Waals surface area contributed by atoms with Gasteiger partial charge in [0.2, 0.25) is 0 Å². The topological polar surface area (TPSA) is 0 Å². The summed E-state index contributed by atoms with van der Waals surface area (Å²) in [5.41, 5.74) is 15.6. The molecule has 0 amide bonds. The van der Waals surface area contributed by atoms with Gasteiger partial charge in [-0.05, 0) is 80.6 Å². The summed E-state index contributed by atoms with van der Waals surface area (Å²) in [7, 11) is 0. The molecule has 140 valence electrons. The Morgan fingerprint density at radius 2 is 1.24 bits per heavy atom. The van der Waals surface area contributed by atoms with E-state index < -0.39 is 0 Å². The van der Waals surface area contributed by atoms with Crippen LogP contribution in [-0.4, -0.2) is 0 Å². The van der Waals surface area contributed by atoms with Gasteiger partial charge in [0.15, 0.2) is 0 Å². The second-order valence-corrected chi connectivity index (χ2v) is 9.04. The first-order valence-electron chi connectivity index (χ1n) is 10.5. The molecule has 2 aliphatic rings. The number of benzene rings is 4. The van der Waals surface area contributed by atoms with Crippen LogP contribution in [0, 0.1) is 6.92 Å². The van der Waals surface area contributed by atoms with Crippen LogP contribution in [0.15, 0.2) is 78.9 Å². The van der Waals surface area contributed by atoms with Crippen molar-refractivity contribution in [2.24, 2.45) is 0 Å². The summed E-state index contributed by atoms with van der Waals surface area (Å²) < 4.78 is 0. The van der Waals surface area contributed by atoms with Crippen molar-refractivity contribution in [1.82, 2.24) is 0 Å². The average Bonchev–Trinajstić information content (AvgIpc) is 3.23. The van der Waals surface area contributed by atoms with Crippen molar-refractivity contribution in [3.05, 3.63) is 107 Å². The molecule has 6 rings (SSSR count). The van der Waals surface area contributed by atoms with Crippen LogP contribution in [0.25, 0.3) is 33.4 Å². The van der Waals surface area contributed by atoms with Gasteiger partial charge in [0.1, 0.15) is 0 Å². The monoisotopic (exact) mass is 372 g/mol. The summed E-state index contributed by atoms with van der Waals surface area (Å²) in [5, 5.41) is 0. The minimum atomic E-state index is 0.0411. The van der Waals surface area contributed by atoms with Crippen LogP contribution in [-0.2, 0) is 11.8 Å². The fourth-order valence-corrected chi connectivity index (χ4v) is 5.54. The van der Waals surface area contributed by atoms with Crippen molar-refractivity contribution in [1.29, 1.82) is 0 Å². The van der Waals surface area contributed by atoms with Crippen LogP contribution in [0.1, 0.15) is 41.7 Å². The molecule has 0 nitrogen and oxygen atoms in total. The molecule has 29 heavy (non-hydrogen) atoms. The molecule has 0 aliphatic heterocycles. The second-order valence-electron chi connectivity index (χ2n) is 9.04. The standard InChI is InChI=1S/C29H24/c1-18-8-6-11-21-22-12-7-10-20(26(22)17-25(18)21)19-14-15-24-23-9-4-5-13-27(23)29(2,3)28(24)16-19/h4-16H,17H2,1-3H3. The van der Waals surface area contributed by atoms with E-state index in [0.717, 1.165) is 6.42 Å². The molecular formula is C29H24. The zero-order valence-electron chi connectivity index (χ0n) is 17.2. The summed E-state index contributed by atoms with van der Waals surface area (Å²) in [5.74, 6) is 0. The molecule has 0 bridgehead atoms. The van der Waals surface area contributed by atoms with Gasteiger partial charge in [-0.2, -0.15) is 0 Å². The van der Waals surface area contributed by atoms with Gasteiger partial charge in [0, 0.05) is 5.41 Å². The van der Waals surface area contributed by atoms with Crippen LogP contribution >= 0.6 is 0 Å². The zero-order chi connectivity index (χ0) is 19.8. The highest BCUT2D eigenvalue weighted by Crippen LogP contribution is 2.50. The summed E-state index contributed by atoms with van der Waals surface area (Å²) in [6.45, 7) is 6.95. The lowest BCUT2D eigenvalue weighted by atomic mass is 9.81. The van der Waals surface area contributed by atoms with E-state index in [4.69, 9.17) is 0 Å². The van der Waals surface area contributed by atoms with E-state index in [2.05, 4.69) is 99.6 Å². The van der Waals surface area contributed by atoms with Gasteiger partial charge in [0.25, 0.3) is 0 Å². The van der Waals surface area contributed by atoms with Gasteiger partial charge < -0.3 is 0 Å². The maximum Gasteiger partial charge on any atom is 0.0159 e. The minimum Gasteiger partial charge on any atom is -0.0619 e. The van der Waals surface area contributed by atoms with Gasteiger partial charge in [-0.3, -0.25) is 0 Å². The number of hydrogen-bond donors (Lipinski definition) is 0. The summed E-state index contributed by atoms with van der Waals surface area (Å²) in [6, 6.07) is 29.5. The minimum absolute atomic E-state index is 0.0411. The van der Waals surface area contributed by atoms with E-state index in [-0.39, 0.29) is 5.41 Å². The number of aryl methyl sites for hydroxylation is 1. The Labute approximate surface area is 172 Å². The lowest BCUT2D eigenvalue weighted by molar-refractivity contribution is 0.660. The van der Waals surface area contributed by atoms with Crippen molar-refractivity contribution >= 4 is 0 Å². The van der Waals surface area contributed by atoms with Crippen LogP contribution in [0.3, 0.4) is 0 Å². The van der Waals surface area contributed by atoms with Crippen molar-refractivity contribution in [2.45, 2.75) is 32.6 Å². The van der Waals surface area contributed by atoms with Gasteiger partial charge in [0.05, 0.1) is 0 Å². The lowest BCUT2D eigenvalue weighted by Crippen LogP contribution is -2.14. The molecule has 0 saturated carbocycles. The molecule has 0 radical (unpaired) electrons. The first-order valence-corrected chi connectivity index (χ1v) is 10.5. The van der Waals surface area contributed by atoms with E-state index in [1.54, 1.807) is 0 Å². The largest absolute Gasteiger partial charge is 0.0619 e. The maximum atomic E-state index is 2.45. The fraction of sp³-hybridized carbons (Fsp3) is 0.172. The normalized spacial score (nSPS) is 14.9. The van der Waals surface area contributed by atoms with E-state index in [1.165, 1.54) is 61.2 Å². The highest BCUT2D eigenvalue weighted by Gasteiger charge is 2.35. The van der Waals surface area contributed by atoms with Gasteiger partial charge in [-0.15, -0.1) is 0 Å². The van der Waals surface area contributed by atoms with E-state index in [0.29, 0.717) is 0 Å². The molecule has 0 saturated heterocycles. The summed E-state index contributed by atoms with van der Waals surface area (Å²) in [6.07, 6.45) is 1.04. The molecule has 0 aromatic heterocycles. The Bertz CT molecular complexity index is 1300. The number of fused-ring (bicyclic) bond motifs is 6. The van der Waals surface area contributed by atoms with Crippen LogP contribution in [0.4, 0.5) is 0 Å². The third-order valence-corrected chi connectivity index (χ3v) is 7.12. The smallest absolute Gasteiger partial charge is 0.0159 e. The van der Waals surface area contributed by atoms with E-state index in [1.807, 2.05) is 0 Å². The van der Waals surface area contributed by atoms with Gasteiger partial charge in [-0.1, -0.05) is 86.6 Å². The Morgan fingerprint density at radius 3 is 2.10 bits per heavy atom. The third kappa shape index (κ3) is 2.20. The average molecular weight is 373 g/mol. The predicted molar refractivity (Wildman–Crippen MR) is 122 cm³/mol. The molecule has 0 fully saturated rings. The number of rotatable bonds is 1. The SMILES string of the molecule is Cc1cccc2c1Cc1c(-c3ccc4c(c3)C(C)(C)c3ccccc3-4)cccc1-2. The fourth-order valence-electron chi connectivity index (χ4n) is 5.54. The van der Waals surface area contributed by atoms with E-state index >= 15 is 0 Å². The van der Waals surface area contributed by atoms with Crippen LogP contribution in [0.5, 0.6) is 0 Å². The highest BCUT2D eigenvalue weighted by molar-refractivity contribution is 5.88. The summed E-state index contributed by atoms with van der Waals surface area (Å²) >= 11 is 0. The van der Waals surface area contributed by atoms with E-state index in [9.17, 15) is 0 Å². The molecule has 4 aromatic carbocycles. The molecule has 0 heteroatoms. The molecule has 0 spiro atoms. The van der Waals surface area contributed by atoms with Crippen molar-refractivity contribution in [3.63, 3.8) is 0 Å². The molecule has 2 aliphatic carbocycles. The quantitative estimate of drug-likeness (QED) is 0.285. The second kappa shape index (κ2) is 5.70. The summed E-state index contributed by atoms with van der Waals surface area (Å²) in [4.78, 5) is 0. The molecule has 4 aromatic rings. The molecule has 0 heterocycles. The number of hydrogen-bond acceptors (Lipinski definition) is 0. The first-order chi connectivity index (χ1) is 14.1. The Balaban J connectivity index is 1.54. The Morgan fingerprint density at radius 1 is 0.586 bits per heavy atom. The Hall–Kier alpha value is -3.12. The van der Waals surface area contributed by atoms with Crippen molar-refractivity contribution in [2.75, 3.05) is 0 Å². The Kier molecular flexibility index (Phi) is 3.30. The van der Waals surface area contributed by atoms with Crippen molar-refractivity contribution in [3.8, 4) is 33.4 Å². The molecule has 0 N–H and O–H groups in total. The van der Waals surface area contributed by atoms with Crippen LogP contribution < -0.4 is 0 Å². The van der Waals surface area contributed by atoms with Crippen molar-refractivity contribution < 1.29 is 0 Å². The predicted octanol–water partition coefficient (Wildman–Crippen LogP) is 7.54. The molecular weight excluding hydrogens is 348 g/mol. The maximum absolute atomic E-state index is 2.45. The third-order valence-electron chi connectivity index (χ3n) is 7.12. The lowest BCUT2D eigenvalue weighted by Gasteiger charge is -2.22. The zero-order valence-corrected chi connectivity index (χ0v) is 17.2. The molecule has 0 unspecified atom stereocenters. The highest BCUT2D eigenvalue weighted by atomic mass is 14.4. The first kappa shape index (κ1) is 16.8. The van der Waals surface area contributed by atoms with Crippen LogP contribution in [0.2, 0.25) is 0 Å². The van der Waals surface area contributed by atoms with Gasteiger partial charge in [-0.25, -0.2) is 0 Å².